The zero-order valence-electron chi connectivity index (χ0n) is 13.9. The smallest absolute Gasteiger partial charge is 0.256 e. The van der Waals surface area contributed by atoms with Gasteiger partial charge in [-0.15, -0.1) is 0 Å². The van der Waals surface area contributed by atoms with E-state index in [4.69, 9.17) is 11.6 Å². The van der Waals surface area contributed by atoms with Gasteiger partial charge in [0.15, 0.2) is 0 Å². The number of nitrogens with one attached hydrogen (secondary N) is 1. The normalized spacial score (nSPS) is 17.5. The molecule has 24 heavy (non-hydrogen) atoms. The van der Waals surface area contributed by atoms with Gasteiger partial charge in [0.1, 0.15) is 6.04 Å². The number of nitrogens with zero attached hydrogens (tertiary/aromatic N) is 1. The number of imide groups is 1. The number of anilines is 2. The predicted molar refractivity (Wildman–Crippen MR) is 96.6 cm³/mol. The van der Waals surface area contributed by atoms with Gasteiger partial charge in [0, 0.05) is 5.69 Å². The first-order valence-electron chi connectivity index (χ1n) is 7.84. The molecule has 2 aromatic rings. The summed E-state index contributed by atoms with van der Waals surface area (Å²) in [6.45, 7) is 6.03. The molecule has 0 spiro atoms. The van der Waals surface area contributed by atoms with Crippen molar-refractivity contribution < 1.29 is 9.59 Å². The highest BCUT2D eigenvalue weighted by molar-refractivity contribution is 6.36. The molecule has 0 saturated carbocycles. The van der Waals surface area contributed by atoms with Crippen molar-refractivity contribution in [3.63, 3.8) is 0 Å². The van der Waals surface area contributed by atoms with Crippen LogP contribution >= 0.6 is 11.6 Å². The van der Waals surface area contributed by atoms with E-state index in [1.54, 1.807) is 24.3 Å². The maximum atomic E-state index is 12.7. The first-order valence-corrected chi connectivity index (χ1v) is 8.22. The average Bonchev–Trinajstić information content (AvgIpc) is 2.78. The van der Waals surface area contributed by atoms with Crippen LogP contribution in [0, 0.1) is 20.8 Å². The Morgan fingerprint density at radius 2 is 1.71 bits per heavy atom. The topological polar surface area (TPSA) is 49.4 Å². The minimum Gasteiger partial charge on any atom is -0.373 e. The summed E-state index contributed by atoms with van der Waals surface area (Å²) in [7, 11) is 0. The lowest BCUT2D eigenvalue weighted by atomic mass is 10.0. The second-order valence-electron chi connectivity index (χ2n) is 6.19. The van der Waals surface area contributed by atoms with Crippen LogP contribution < -0.4 is 10.2 Å². The van der Waals surface area contributed by atoms with Crippen LogP contribution in [0.25, 0.3) is 0 Å². The van der Waals surface area contributed by atoms with Crippen LogP contribution in [0.3, 0.4) is 0 Å². The molecule has 1 aliphatic heterocycles. The highest BCUT2D eigenvalue weighted by Crippen LogP contribution is 2.32. The Hall–Kier alpha value is -2.33. The van der Waals surface area contributed by atoms with Gasteiger partial charge in [0.2, 0.25) is 5.91 Å². The van der Waals surface area contributed by atoms with E-state index in [9.17, 15) is 9.59 Å². The van der Waals surface area contributed by atoms with Gasteiger partial charge in [-0.3, -0.25) is 9.59 Å². The van der Waals surface area contributed by atoms with Crippen molar-refractivity contribution in [3.8, 4) is 0 Å². The van der Waals surface area contributed by atoms with E-state index in [0.717, 1.165) is 16.8 Å². The van der Waals surface area contributed by atoms with E-state index in [0.29, 0.717) is 10.7 Å². The first-order chi connectivity index (χ1) is 11.4. The second-order valence-corrected chi connectivity index (χ2v) is 6.60. The number of rotatable bonds is 3. The molecule has 0 aromatic heterocycles. The summed E-state index contributed by atoms with van der Waals surface area (Å²) in [5.41, 5.74) is 4.64. The Kier molecular flexibility index (Phi) is 4.33. The lowest BCUT2D eigenvalue weighted by molar-refractivity contribution is -0.121. The third-order valence-electron chi connectivity index (χ3n) is 4.24. The van der Waals surface area contributed by atoms with Crippen molar-refractivity contribution in [1.29, 1.82) is 0 Å². The third-order valence-corrected chi connectivity index (χ3v) is 4.56. The van der Waals surface area contributed by atoms with Crippen molar-refractivity contribution in [1.82, 2.24) is 0 Å². The fraction of sp³-hybridized carbons (Fsp3) is 0.263. The van der Waals surface area contributed by atoms with Gasteiger partial charge in [-0.1, -0.05) is 41.4 Å². The van der Waals surface area contributed by atoms with Gasteiger partial charge >= 0.3 is 0 Å². The summed E-state index contributed by atoms with van der Waals surface area (Å²) < 4.78 is 0. The number of carbonyl (C=O) groups is 2. The molecule has 5 heteroatoms. The quantitative estimate of drug-likeness (QED) is 0.857. The molecule has 1 atom stereocenters. The predicted octanol–water partition coefficient (Wildman–Crippen LogP) is 4.01. The first kappa shape index (κ1) is 16.5. The van der Waals surface area contributed by atoms with Crippen LogP contribution in [0.5, 0.6) is 0 Å². The van der Waals surface area contributed by atoms with Gasteiger partial charge in [-0.25, -0.2) is 4.90 Å². The van der Waals surface area contributed by atoms with Crippen LogP contribution in [0.15, 0.2) is 36.4 Å². The molecule has 4 nitrogen and oxygen atoms in total. The largest absolute Gasteiger partial charge is 0.373 e. The van der Waals surface area contributed by atoms with E-state index in [1.807, 2.05) is 20.8 Å². The van der Waals surface area contributed by atoms with E-state index >= 15 is 0 Å². The number of amides is 2. The fourth-order valence-electron chi connectivity index (χ4n) is 3.21. The number of benzene rings is 2. The Balaban J connectivity index is 1.89. The molecule has 124 valence electrons. The highest BCUT2D eigenvalue weighted by Gasteiger charge is 2.40. The minimum atomic E-state index is -0.575. The minimum absolute atomic E-state index is 0.122. The van der Waals surface area contributed by atoms with Gasteiger partial charge in [0.05, 0.1) is 17.1 Å². The highest BCUT2D eigenvalue weighted by atomic mass is 35.5. The number of para-hydroxylation sites is 1. The van der Waals surface area contributed by atoms with Crippen LogP contribution in [-0.4, -0.2) is 17.9 Å². The average molecular weight is 343 g/mol. The van der Waals surface area contributed by atoms with E-state index < -0.39 is 6.04 Å². The van der Waals surface area contributed by atoms with E-state index in [-0.39, 0.29) is 18.2 Å². The van der Waals surface area contributed by atoms with Crippen molar-refractivity contribution >= 4 is 34.8 Å². The van der Waals surface area contributed by atoms with Crippen LogP contribution in [0.4, 0.5) is 11.4 Å². The monoisotopic (exact) mass is 342 g/mol. The second kappa shape index (κ2) is 6.29. The summed E-state index contributed by atoms with van der Waals surface area (Å²) in [6, 6.07) is 10.4. The molecule has 3 rings (SSSR count). The molecule has 0 bridgehead atoms. The Bertz CT molecular complexity index is 809. The number of carbonyl (C=O) groups excluding carboxylic acids is 2. The Morgan fingerprint density at radius 3 is 2.33 bits per heavy atom. The molecule has 2 aromatic carbocycles. The molecule has 1 saturated heterocycles. The van der Waals surface area contributed by atoms with Crippen LogP contribution in [0.2, 0.25) is 5.02 Å². The molecule has 1 aliphatic rings. The Morgan fingerprint density at radius 1 is 1.08 bits per heavy atom. The summed E-state index contributed by atoms with van der Waals surface area (Å²) in [5.74, 6) is -0.513. The molecular formula is C19H19ClN2O2. The molecule has 2 amide bonds. The van der Waals surface area contributed by atoms with Gasteiger partial charge in [-0.05, 0) is 44.0 Å². The molecular weight excluding hydrogens is 324 g/mol. The van der Waals surface area contributed by atoms with Crippen LogP contribution in [0.1, 0.15) is 23.1 Å². The summed E-state index contributed by atoms with van der Waals surface area (Å²) in [6.07, 6.45) is 0.122. The SMILES string of the molecule is Cc1cc(C)c(N[C@@H]2CC(=O)N(c3ccccc3Cl)C2=O)c(C)c1. The van der Waals surface area contributed by atoms with Gasteiger partial charge in [-0.2, -0.15) is 0 Å². The lowest BCUT2D eigenvalue weighted by Crippen LogP contribution is -2.35. The molecule has 0 radical (unpaired) electrons. The number of aryl methyl sites for hydroxylation is 3. The standard InChI is InChI=1S/C19H19ClN2O2/c1-11-8-12(2)18(13(3)9-11)21-15-10-17(23)22(19(15)24)16-7-5-4-6-14(16)20/h4-9,15,21H,10H2,1-3H3/t15-/m1/s1. The van der Waals surface area contributed by atoms with Crippen molar-refractivity contribution in [2.75, 3.05) is 10.2 Å². The molecule has 0 aliphatic carbocycles. The fourth-order valence-corrected chi connectivity index (χ4v) is 3.43. The summed E-state index contributed by atoms with van der Waals surface area (Å²) in [4.78, 5) is 26.3. The molecule has 1 fully saturated rings. The van der Waals surface area contributed by atoms with Crippen LogP contribution in [-0.2, 0) is 9.59 Å². The zero-order valence-corrected chi connectivity index (χ0v) is 14.6. The van der Waals surface area contributed by atoms with Gasteiger partial charge < -0.3 is 5.32 Å². The number of hydrogen-bond donors (Lipinski definition) is 1. The molecule has 1 N–H and O–H groups in total. The number of halogens is 1. The van der Waals surface area contributed by atoms with Crippen molar-refractivity contribution in [3.05, 3.63) is 58.1 Å². The van der Waals surface area contributed by atoms with E-state index in [2.05, 4.69) is 17.4 Å². The molecule has 0 unspecified atom stereocenters. The lowest BCUT2D eigenvalue weighted by Gasteiger charge is -2.19. The molecule has 1 heterocycles. The summed E-state index contributed by atoms with van der Waals surface area (Å²) >= 11 is 6.14. The summed E-state index contributed by atoms with van der Waals surface area (Å²) in [5, 5.41) is 3.64. The third kappa shape index (κ3) is 2.89. The Labute approximate surface area is 146 Å². The van der Waals surface area contributed by atoms with Gasteiger partial charge in [0.25, 0.3) is 5.91 Å². The van der Waals surface area contributed by atoms with E-state index in [1.165, 1.54) is 10.5 Å². The maximum Gasteiger partial charge on any atom is 0.256 e. The maximum absolute atomic E-state index is 12.7. The number of hydrogen-bond acceptors (Lipinski definition) is 3. The van der Waals surface area contributed by atoms with Crippen molar-refractivity contribution in [2.24, 2.45) is 0 Å². The van der Waals surface area contributed by atoms with Crippen molar-refractivity contribution in [2.45, 2.75) is 33.2 Å². The zero-order chi connectivity index (χ0) is 17.4.